The topological polar surface area (TPSA) is 68.3 Å². The number of aryl methyl sites for hydroxylation is 1. The van der Waals surface area contributed by atoms with Gasteiger partial charge in [0.25, 0.3) is 0 Å². The predicted octanol–water partition coefficient (Wildman–Crippen LogP) is 4.72. The number of ether oxygens (including phenoxy) is 1. The number of carbonyl (C=O) groups is 2. The van der Waals surface area contributed by atoms with E-state index in [1.165, 1.54) is 0 Å². The molecule has 0 aliphatic rings. The maximum absolute atomic E-state index is 12.4. The number of hydrogen-bond acceptors (Lipinski definition) is 5. The Morgan fingerprint density at radius 3 is 2.44 bits per heavy atom. The zero-order valence-electron chi connectivity index (χ0n) is 16.5. The monoisotopic (exact) mass is 388 g/mol. The average Bonchev–Trinajstić information content (AvgIpc) is 3.07. The van der Waals surface area contributed by atoms with Crippen molar-refractivity contribution in [2.75, 3.05) is 7.11 Å². The number of carbonyl (C=O) groups excluding carboxylic acids is 2. The highest BCUT2D eigenvalue weighted by molar-refractivity contribution is 7.09. The van der Waals surface area contributed by atoms with Crippen LogP contribution in [0.3, 0.4) is 0 Å². The van der Waals surface area contributed by atoms with Crippen LogP contribution < -0.4 is 10.1 Å². The summed E-state index contributed by atoms with van der Waals surface area (Å²) in [7, 11) is 1.59. The maximum atomic E-state index is 12.4. The molecule has 27 heavy (non-hydrogen) atoms. The molecule has 0 aliphatic heterocycles. The standard InChI is InChI=1S/C21H28N2O3S/c1-14(2)12-18(21-22-15(3)13-27-21)23-20(25)7-5-6-19(24)16-8-10-17(26-4)11-9-16/h8-11,13-14,18H,5-7,12H2,1-4H3,(H,23,25). The van der Waals surface area contributed by atoms with Gasteiger partial charge in [-0.15, -0.1) is 11.3 Å². The summed E-state index contributed by atoms with van der Waals surface area (Å²) in [5, 5.41) is 6.04. The minimum atomic E-state index is -0.0616. The zero-order chi connectivity index (χ0) is 19.8. The van der Waals surface area contributed by atoms with Crippen LogP contribution in [0.1, 0.15) is 66.6 Å². The number of thiazole rings is 1. The Balaban J connectivity index is 1.83. The highest BCUT2D eigenvalue weighted by Gasteiger charge is 2.19. The molecule has 1 atom stereocenters. The van der Waals surface area contributed by atoms with Crippen LogP contribution in [0.15, 0.2) is 29.6 Å². The Hall–Kier alpha value is -2.21. The van der Waals surface area contributed by atoms with Crippen LogP contribution in [0.4, 0.5) is 0 Å². The number of rotatable bonds is 10. The van der Waals surface area contributed by atoms with Crippen LogP contribution in [-0.4, -0.2) is 23.8 Å². The third-order valence-corrected chi connectivity index (χ3v) is 5.27. The molecule has 0 fully saturated rings. The second-order valence-electron chi connectivity index (χ2n) is 7.08. The summed E-state index contributed by atoms with van der Waals surface area (Å²) in [5.41, 5.74) is 1.62. The number of nitrogens with one attached hydrogen (secondary N) is 1. The van der Waals surface area contributed by atoms with Gasteiger partial charge < -0.3 is 10.1 Å². The molecular weight excluding hydrogens is 360 g/mol. The average molecular weight is 389 g/mol. The lowest BCUT2D eigenvalue weighted by molar-refractivity contribution is -0.122. The van der Waals surface area contributed by atoms with Crippen molar-refractivity contribution in [3.63, 3.8) is 0 Å². The van der Waals surface area contributed by atoms with Gasteiger partial charge in [-0.25, -0.2) is 4.98 Å². The maximum Gasteiger partial charge on any atom is 0.220 e. The molecule has 0 spiro atoms. The van der Waals surface area contributed by atoms with Crippen molar-refractivity contribution in [1.82, 2.24) is 10.3 Å². The van der Waals surface area contributed by atoms with Crippen molar-refractivity contribution in [3.8, 4) is 5.75 Å². The molecule has 6 heteroatoms. The molecule has 1 aromatic heterocycles. The summed E-state index contributed by atoms with van der Waals surface area (Å²) in [6.45, 7) is 6.22. The number of nitrogens with zero attached hydrogens (tertiary/aromatic N) is 1. The summed E-state index contributed by atoms with van der Waals surface area (Å²) < 4.78 is 5.10. The molecular formula is C21H28N2O3S. The second kappa shape index (κ2) is 10.2. The molecule has 0 aliphatic carbocycles. The van der Waals surface area contributed by atoms with Crippen molar-refractivity contribution < 1.29 is 14.3 Å². The lowest BCUT2D eigenvalue weighted by Crippen LogP contribution is -2.29. The number of Topliss-reactive ketones (excluding diaryl/α,β-unsaturated/α-hetero) is 1. The number of amides is 1. The van der Waals surface area contributed by atoms with Gasteiger partial charge >= 0.3 is 0 Å². The summed E-state index contributed by atoms with van der Waals surface area (Å²) in [6.07, 6.45) is 2.07. The molecule has 1 aromatic carbocycles. The first-order chi connectivity index (χ1) is 12.9. The lowest BCUT2D eigenvalue weighted by Gasteiger charge is -2.18. The first-order valence-corrected chi connectivity index (χ1v) is 10.2. The quantitative estimate of drug-likeness (QED) is 0.598. The summed E-state index contributed by atoms with van der Waals surface area (Å²) in [5.74, 6) is 1.19. The first-order valence-electron chi connectivity index (χ1n) is 9.27. The van der Waals surface area contributed by atoms with Gasteiger partial charge in [0, 0.05) is 29.5 Å². The third-order valence-electron chi connectivity index (χ3n) is 4.20. The van der Waals surface area contributed by atoms with Crippen molar-refractivity contribution in [2.45, 2.75) is 52.5 Å². The van der Waals surface area contributed by atoms with E-state index in [1.807, 2.05) is 12.3 Å². The second-order valence-corrected chi connectivity index (χ2v) is 7.97. The molecule has 1 unspecified atom stereocenters. The number of methoxy groups -OCH3 is 1. The molecule has 0 bridgehead atoms. The minimum absolute atomic E-state index is 0.0315. The molecule has 146 valence electrons. The fourth-order valence-electron chi connectivity index (χ4n) is 2.82. The Bertz CT molecular complexity index is 753. The fourth-order valence-corrected chi connectivity index (χ4v) is 3.68. The number of hydrogen-bond donors (Lipinski definition) is 1. The van der Waals surface area contributed by atoms with E-state index in [0.717, 1.165) is 22.9 Å². The molecule has 1 N–H and O–H groups in total. The van der Waals surface area contributed by atoms with Gasteiger partial charge in [0.15, 0.2) is 5.78 Å². The molecule has 1 amide bonds. The van der Waals surface area contributed by atoms with E-state index in [-0.39, 0.29) is 17.7 Å². The fraction of sp³-hybridized carbons (Fsp3) is 0.476. The Morgan fingerprint density at radius 2 is 1.89 bits per heavy atom. The van der Waals surface area contributed by atoms with Crippen molar-refractivity contribution in [2.24, 2.45) is 5.92 Å². The van der Waals surface area contributed by atoms with E-state index in [4.69, 9.17) is 4.74 Å². The first kappa shape index (κ1) is 21.1. The van der Waals surface area contributed by atoms with Gasteiger partial charge in [-0.1, -0.05) is 13.8 Å². The van der Waals surface area contributed by atoms with Crippen LogP contribution in [-0.2, 0) is 4.79 Å². The van der Waals surface area contributed by atoms with Gasteiger partial charge in [-0.3, -0.25) is 9.59 Å². The van der Waals surface area contributed by atoms with Crippen molar-refractivity contribution in [3.05, 3.63) is 45.9 Å². The molecule has 1 heterocycles. The van der Waals surface area contributed by atoms with Gasteiger partial charge in [0.2, 0.25) is 5.91 Å². The Kier molecular flexibility index (Phi) is 7.98. The predicted molar refractivity (Wildman–Crippen MR) is 108 cm³/mol. The summed E-state index contributed by atoms with van der Waals surface area (Å²) in [4.78, 5) is 29.1. The van der Waals surface area contributed by atoms with Crippen LogP contribution in [0.2, 0.25) is 0 Å². The zero-order valence-corrected chi connectivity index (χ0v) is 17.3. The van der Waals surface area contributed by atoms with E-state index < -0.39 is 0 Å². The van der Waals surface area contributed by atoms with Gasteiger partial charge in [-0.05, 0) is 49.9 Å². The number of benzene rings is 1. The molecule has 0 saturated carbocycles. The van der Waals surface area contributed by atoms with E-state index in [2.05, 4.69) is 24.1 Å². The smallest absolute Gasteiger partial charge is 0.220 e. The Morgan fingerprint density at radius 1 is 1.19 bits per heavy atom. The molecule has 2 rings (SSSR count). The van der Waals surface area contributed by atoms with Crippen LogP contribution in [0.5, 0.6) is 5.75 Å². The molecule has 0 radical (unpaired) electrons. The van der Waals surface area contributed by atoms with Gasteiger partial charge in [0.05, 0.1) is 13.2 Å². The third kappa shape index (κ3) is 6.79. The van der Waals surface area contributed by atoms with Gasteiger partial charge in [0.1, 0.15) is 10.8 Å². The highest BCUT2D eigenvalue weighted by atomic mass is 32.1. The van der Waals surface area contributed by atoms with E-state index in [1.54, 1.807) is 42.7 Å². The number of ketones is 1. The highest BCUT2D eigenvalue weighted by Crippen LogP contribution is 2.24. The van der Waals surface area contributed by atoms with E-state index >= 15 is 0 Å². The SMILES string of the molecule is COc1ccc(C(=O)CCCC(=O)NC(CC(C)C)c2nc(C)cs2)cc1. The van der Waals surface area contributed by atoms with Crippen LogP contribution in [0, 0.1) is 12.8 Å². The normalized spacial score (nSPS) is 12.0. The van der Waals surface area contributed by atoms with Crippen LogP contribution >= 0.6 is 11.3 Å². The Labute approximate surface area is 165 Å². The minimum Gasteiger partial charge on any atom is -0.497 e. The molecule has 2 aromatic rings. The largest absolute Gasteiger partial charge is 0.497 e. The summed E-state index contributed by atoms with van der Waals surface area (Å²) >= 11 is 1.58. The van der Waals surface area contributed by atoms with Crippen molar-refractivity contribution >= 4 is 23.0 Å². The molecule has 0 saturated heterocycles. The van der Waals surface area contributed by atoms with Gasteiger partial charge in [-0.2, -0.15) is 0 Å². The van der Waals surface area contributed by atoms with E-state index in [0.29, 0.717) is 30.7 Å². The van der Waals surface area contributed by atoms with E-state index in [9.17, 15) is 9.59 Å². The lowest BCUT2D eigenvalue weighted by atomic mass is 10.0. The number of aromatic nitrogens is 1. The molecule has 5 nitrogen and oxygen atoms in total. The van der Waals surface area contributed by atoms with Crippen molar-refractivity contribution in [1.29, 1.82) is 0 Å². The summed E-state index contributed by atoms with van der Waals surface area (Å²) in [6, 6.07) is 6.99. The van der Waals surface area contributed by atoms with Crippen LogP contribution in [0.25, 0.3) is 0 Å².